The van der Waals surface area contributed by atoms with Crippen molar-refractivity contribution in [3.05, 3.63) is 29.3 Å². The van der Waals surface area contributed by atoms with Gasteiger partial charge in [0.25, 0.3) is 5.91 Å². The van der Waals surface area contributed by atoms with Crippen LogP contribution in [0.1, 0.15) is 57.6 Å². The molecule has 0 saturated heterocycles. The standard InChI is InChI=1S/C18H30N2O2/c1-6-18(7-2,12-19)20-17(21)11-22-16-10-14(5)8-9-15(16)13(3)4/h8-10,13H,6-7,11-12,19H2,1-5H3,(H,20,21). The number of ether oxygens (including phenoxy) is 1. The van der Waals surface area contributed by atoms with Crippen molar-refractivity contribution >= 4 is 5.91 Å². The lowest BCUT2D eigenvalue weighted by Crippen LogP contribution is -2.54. The zero-order valence-electron chi connectivity index (χ0n) is 14.5. The first-order valence-corrected chi connectivity index (χ1v) is 8.12. The number of aryl methyl sites for hydroxylation is 1. The monoisotopic (exact) mass is 306 g/mol. The molecule has 22 heavy (non-hydrogen) atoms. The van der Waals surface area contributed by atoms with Crippen LogP contribution >= 0.6 is 0 Å². The molecule has 1 amide bonds. The molecule has 1 aromatic carbocycles. The molecule has 4 heteroatoms. The van der Waals surface area contributed by atoms with Crippen molar-refractivity contribution in [1.82, 2.24) is 5.32 Å². The molecular formula is C18H30N2O2. The Bertz CT molecular complexity index is 486. The summed E-state index contributed by atoms with van der Waals surface area (Å²) < 4.78 is 5.77. The Morgan fingerprint density at radius 1 is 1.32 bits per heavy atom. The topological polar surface area (TPSA) is 64.3 Å². The normalized spacial score (nSPS) is 11.6. The number of carbonyl (C=O) groups is 1. The maximum absolute atomic E-state index is 12.2. The van der Waals surface area contributed by atoms with Crippen molar-refractivity contribution in [2.45, 2.75) is 58.9 Å². The molecule has 124 valence electrons. The lowest BCUT2D eigenvalue weighted by Gasteiger charge is -2.31. The van der Waals surface area contributed by atoms with Gasteiger partial charge in [-0.2, -0.15) is 0 Å². The van der Waals surface area contributed by atoms with Crippen molar-refractivity contribution in [3.63, 3.8) is 0 Å². The molecule has 0 aliphatic rings. The second kappa shape index (κ2) is 8.18. The molecule has 0 aliphatic heterocycles. The highest BCUT2D eigenvalue weighted by Crippen LogP contribution is 2.27. The van der Waals surface area contributed by atoms with Gasteiger partial charge in [-0.3, -0.25) is 4.79 Å². The first-order valence-electron chi connectivity index (χ1n) is 8.12. The fraction of sp³-hybridized carbons (Fsp3) is 0.611. The summed E-state index contributed by atoms with van der Waals surface area (Å²) in [5.74, 6) is 1.02. The average Bonchev–Trinajstić information content (AvgIpc) is 2.50. The smallest absolute Gasteiger partial charge is 0.258 e. The Kier molecular flexibility index (Phi) is 6.88. The van der Waals surface area contributed by atoms with E-state index in [1.165, 1.54) is 0 Å². The van der Waals surface area contributed by atoms with Gasteiger partial charge in [0.05, 0.1) is 5.54 Å². The van der Waals surface area contributed by atoms with Crippen LogP contribution in [0, 0.1) is 6.92 Å². The highest BCUT2D eigenvalue weighted by molar-refractivity contribution is 5.78. The lowest BCUT2D eigenvalue weighted by atomic mass is 9.93. The lowest BCUT2D eigenvalue weighted by molar-refractivity contribution is -0.125. The zero-order valence-corrected chi connectivity index (χ0v) is 14.5. The van der Waals surface area contributed by atoms with Crippen molar-refractivity contribution in [1.29, 1.82) is 0 Å². The van der Waals surface area contributed by atoms with E-state index in [4.69, 9.17) is 10.5 Å². The van der Waals surface area contributed by atoms with Crippen LogP contribution in [0.25, 0.3) is 0 Å². The molecule has 3 N–H and O–H groups in total. The van der Waals surface area contributed by atoms with Gasteiger partial charge in [-0.1, -0.05) is 39.8 Å². The van der Waals surface area contributed by atoms with Gasteiger partial charge in [-0.05, 0) is 42.9 Å². The van der Waals surface area contributed by atoms with Gasteiger partial charge in [0, 0.05) is 6.54 Å². The number of hydrogen-bond acceptors (Lipinski definition) is 3. The van der Waals surface area contributed by atoms with E-state index >= 15 is 0 Å². The summed E-state index contributed by atoms with van der Waals surface area (Å²) in [4.78, 5) is 12.2. The van der Waals surface area contributed by atoms with E-state index in [9.17, 15) is 4.79 Å². The van der Waals surface area contributed by atoms with Crippen molar-refractivity contribution in [3.8, 4) is 5.75 Å². The van der Waals surface area contributed by atoms with Crippen LogP contribution in [0.15, 0.2) is 18.2 Å². The summed E-state index contributed by atoms with van der Waals surface area (Å²) in [7, 11) is 0. The van der Waals surface area contributed by atoms with Gasteiger partial charge in [-0.15, -0.1) is 0 Å². The Morgan fingerprint density at radius 3 is 2.45 bits per heavy atom. The van der Waals surface area contributed by atoms with Crippen molar-refractivity contribution in [2.24, 2.45) is 5.73 Å². The van der Waals surface area contributed by atoms with Gasteiger partial charge < -0.3 is 15.8 Å². The first kappa shape index (κ1) is 18.5. The van der Waals surface area contributed by atoms with Crippen LogP contribution < -0.4 is 15.8 Å². The molecule has 0 heterocycles. The fourth-order valence-electron chi connectivity index (χ4n) is 2.49. The molecule has 0 unspecified atom stereocenters. The highest BCUT2D eigenvalue weighted by Gasteiger charge is 2.26. The first-order chi connectivity index (χ1) is 10.4. The Balaban J connectivity index is 2.74. The van der Waals surface area contributed by atoms with Gasteiger partial charge in [0.1, 0.15) is 5.75 Å². The molecule has 1 aromatic rings. The predicted molar refractivity (Wildman–Crippen MR) is 91.3 cm³/mol. The summed E-state index contributed by atoms with van der Waals surface area (Å²) in [6, 6.07) is 6.11. The second-order valence-corrected chi connectivity index (χ2v) is 6.22. The summed E-state index contributed by atoms with van der Waals surface area (Å²) in [6.07, 6.45) is 1.63. The Morgan fingerprint density at radius 2 is 1.95 bits per heavy atom. The molecule has 0 atom stereocenters. The summed E-state index contributed by atoms with van der Waals surface area (Å²) >= 11 is 0. The van der Waals surface area contributed by atoms with Crippen molar-refractivity contribution in [2.75, 3.05) is 13.2 Å². The minimum atomic E-state index is -0.325. The minimum absolute atomic E-state index is 0.0188. The molecule has 4 nitrogen and oxygen atoms in total. The van der Waals surface area contributed by atoms with Crippen LogP contribution in [-0.4, -0.2) is 24.6 Å². The summed E-state index contributed by atoms with van der Waals surface area (Å²) in [5, 5.41) is 3.02. The average molecular weight is 306 g/mol. The highest BCUT2D eigenvalue weighted by atomic mass is 16.5. The molecule has 0 spiro atoms. The van der Waals surface area contributed by atoms with E-state index in [0.29, 0.717) is 12.5 Å². The minimum Gasteiger partial charge on any atom is -0.483 e. The predicted octanol–water partition coefficient (Wildman–Crippen LogP) is 3.13. The zero-order chi connectivity index (χ0) is 16.8. The van der Waals surface area contributed by atoms with Gasteiger partial charge in [0.2, 0.25) is 0 Å². The molecule has 0 aliphatic carbocycles. The van der Waals surface area contributed by atoms with Crippen molar-refractivity contribution < 1.29 is 9.53 Å². The van der Waals surface area contributed by atoms with E-state index < -0.39 is 0 Å². The van der Waals surface area contributed by atoms with E-state index in [1.807, 2.05) is 26.8 Å². The van der Waals surface area contributed by atoms with E-state index in [2.05, 4.69) is 31.3 Å². The third kappa shape index (κ3) is 4.73. The molecule has 0 radical (unpaired) electrons. The molecule has 0 aromatic heterocycles. The molecule has 1 rings (SSSR count). The third-order valence-electron chi connectivity index (χ3n) is 4.30. The van der Waals surface area contributed by atoms with Crippen LogP contribution in [-0.2, 0) is 4.79 Å². The second-order valence-electron chi connectivity index (χ2n) is 6.22. The Hall–Kier alpha value is -1.55. The van der Waals surface area contributed by atoms with Gasteiger partial charge >= 0.3 is 0 Å². The van der Waals surface area contributed by atoms with Crippen LogP contribution in [0.3, 0.4) is 0 Å². The fourth-order valence-corrected chi connectivity index (χ4v) is 2.49. The third-order valence-corrected chi connectivity index (χ3v) is 4.30. The van der Waals surface area contributed by atoms with E-state index in [-0.39, 0.29) is 18.1 Å². The number of rotatable bonds is 8. The largest absolute Gasteiger partial charge is 0.483 e. The van der Waals surface area contributed by atoms with E-state index in [1.54, 1.807) is 0 Å². The van der Waals surface area contributed by atoms with Gasteiger partial charge in [0.15, 0.2) is 6.61 Å². The van der Waals surface area contributed by atoms with Crippen LogP contribution in [0.2, 0.25) is 0 Å². The molecule has 0 fully saturated rings. The molecule has 0 bridgehead atoms. The quantitative estimate of drug-likeness (QED) is 0.775. The number of amides is 1. The number of benzene rings is 1. The maximum Gasteiger partial charge on any atom is 0.258 e. The molecule has 0 saturated carbocycles. The van der Waals surface area contributed by atoms with Crippen LogP contribution in [0.5, 0.6) is 5.75 Å². The number of carbonyl (C=O) groups excluding carboxylic acids is 1. The maximum atomic E-state index is 12.2. The summed E-state index contributed by atoms with van der Waals surface area (Å²) in [6.45, 7) is 10.8. The Labute approximate surface area is 134 Å². The number of nitrogens with two attached hydrogens (primary N) is 1. The van der Waals surface area contributed by atoms with Gasteiger partial charge in [-0.25, -0.2) is 0 Å². The van der Waals surface area contributed by atoms with E-state index in [0.717, 1.165) is 29.7 Å². The summed E-state index contributed by atoms with van der Waals surface area (Å²) in [5.41, 5.74) is 7.73. The van der Waals surface area contributed by atoms with Crippen LogP contribution in [0.4, 0.5) is 0 Å². The number of hydrogen-bond donors (Lipinski definition) is 2. The SMILES string of the molecule is CCC(CC)(CN)NC(=O)COc1cc(C)ccc1C(C)C. The number of nitrogens with one attached hydrogen (secondary N) is 1. The molecular weight excluding hydrogens is 276 g/mol.